The Morgan fingerprint density at radius 3 is 2.60 bits per heavy atom. The van der Waals surface area contributed by atoms with E-state index in [2.05, 4.69) is 0 Å². The van der Waals surface area contributed by atoms with Gasteiger partial charge in [0.05, 0.1) is 23.1 Å². The summed E-state index contributed by atoms with van der Waals surface area (Å²) in [6.07, 6.45) is -3.22. The number of alkyl halides is 3. The highest BCUT2D eigenvalue weighted by Crippen LogP contribution is 2.35. The summed E-state index contributed by atoms with van der Waals surface area (Å²) >= 11 is 1.14. The van der Waals surface area contributed by atoms with Crippen molar-refractivity contribution < 1.29 is 27.5 Å². The fourth-order valence-corrected chi connectivity index (χ4v) is 2.42. The van der Waals surface area contributed by atoms with Gasteiger partial charge >= 0.3 is 12.1 Å². The molecule has 0 atom stereocenters. The second-order valence-electron chi connectivity index (χ2n) is 3.88. The number of carbonyl (C=O) groups is 1. The van der Waals surface area contributed by atoms with Crippen LogP contribution in [0.1, 0.15) is 21.7 Å². The van der Waals surface area contributed by atoms with Gasteiger partial charge in [-0.2, -0.15) is 13.2 Å². The normalized spacial score (nSPS) is 11.6. The van der Waals surface area contributed by atoms with Gasteiger partial charge in [-0.25, -0.2) is 4.79 Å². The van der Waals surface area contributed by atoms with Crippen LogP contribution >= 0.6 is 11.8 Å². The Hall–Kier alpha value is -1.89. The van der Waals surface area contributed by atoms with Gasteiger partial charge in [0, 0.05) is 4.90 Å². The number of carboxylic acid groups (broad SMARTS) is 1. The molecule has 1 heterocycles. The Morgan fingerprint density at radius 1 is 1.30 bits per heavy atom. The molecule has 2 rings (SSSR count). The molecule has 3 nitrogen and oxygen atoms in total. The van der Waals surface area contributed by atoms with Gasteiger partial charge in [-0.05, 0) is 30.3 Å². The molecule has 0 saturated carbocycles. The maximum absolute atomic E-state index is 12.8. The fourth-order valence-electron chi connectivity index (χ4n) is 1.58. The van der Waals surface area contributed by atoms with Gasteiger partial charge < -0.3 is 9.52 Å². The number of hydrogen-bond acceptors (Lipinski definition) is 3. The minimum Gasteiger partial charge on any atom is -0.478 e. The van der Waals surface area contributed by atoms with Crippen molar-refractivity contribution >= 4 is 17.7 Å². The largest absolute Gasteiger partial charge is 0.478 e. The number of aromatic carboxylic acids is 1. The molecule has 0 amide bonds. The zero-order valence-electron chi connectivity index (χ0n) is 9.98. The predicted octanol–water partition coefficient (Wildman–Crippen LogP) is 4.29. The summed E-state index contributed by atoms with van der Waals surface area (Å²) in [6, 6.07) is 6.56. The van der Waals surface area contributed by atoms with Gasteiger partial charge in [0.1, 0.15) is 5.76 Å². The van der Waals surface area contributed by atoms with E-state index < -0.39 is 23.3 Å². The van der Waals surface area contributed by atoms with Crippen LogP contribution in [0.15, 0.2) is 45.9 Å². The van der Waals surface area contributed by atoms with E-state index in [0.717, 1.165) is 23.9 Å². The van der Waals surface area contributed by atoms with Crippen molar-refractivity contribution in [3.8, 4) is 0 Å². The van der Waals surface area contributed by atoms with Crippen molar-refractivity contribution in [2.24, 2.45) is 0 Å². The first-order valence-electron chi connectivity index (χ1n) is 5.47. The van der Waals surface area contributed by atoms with Crippen LogP contribution in [0.25, 0.3) is 0 Å². The SMILES string of the molecule is O=C(O)c1ccc(SCc2ccco2)cc1C(F)(F)F. The number of carboxylic acids is 1. The third-order valence-electron chi connectivity index (χ3n) is 2.49. The molecule has 0 bridgehead atoms. The summed E-state index contributed by atoms with van der Waals surface area (Å²) in [5.74, 6) is -0.595. The third-order valence-corrected chi connectivity index (χ3v) is 3.50. The highest BCUT2D eigenvalue weighted by molar-refractivity contribution is 7.98. The molecule has 0 fully saturated rings. The maximum Gasteiger partial charge on any atom is 0.417 e. The van der Waals surface area contributed by atoms with Gasteiger partial charge in [-0.3, -0.25) is 0 Å². The standard InChI is InChI=1S/C13H9F3O3S/c14-13(15,16)11-6-9(3-4-10(11)12(17)18)20-7-8-2-1-5-19-8/h1-6H,7H2,(H,17,18). The van der Waals surface area contributed by atoms with Crippen molar-refractivity contribution in [1.82, 2.24) is 0 Å². The topological polar surface area (TPSA) is 50.4 Å². The summed E-state index contributed by atoms with van der Waals surface area (Å²) in [5, 5.41) is 8.78. The Morgan fingerprint density at radius 2 is 2.05 bits per heavy atom. The number of rotatable bonds is 4. The van der Waals surface area contributed by atoms with Crippen LogP contribution < -0.4 is 0 Å². The second-order valence-corrected chi connectivity index (χ2v) is 4.93. The van der Waals surface area contributed by atoms with Crippen LogP contribution in [0, 0.1) is 0 Å². The molecular weight excluding hydrogens is 293 g/mol. The molecule has 20 heavy (non-hydrogen) atoms. The molecule has 2 aromatic rings. The Kier molecular flexibility index (Phi) is 4.08. The first-order valence-corrected chi connectivity index (χ1v) is 6.46. The molecule has 7 heteroatoms. The smallest absolute Gasteiger partial charge is 0.417 e. The molecular formula is C13H9F3O3S. The van der Waals surface area contributed by atoms with Crippen LogP contribution in [-0.4, -0.2) is 11.1 Å². The number of hydrogen-bond donors (Lipinski definition) is 1. The molecule has 1 N–H and O–H groups in total. The lowest BCUT2D eigenvalue weighted by molar-refractivity contribution is -0.138. The molecule has 0 unspecified atom stereocenters. The molecule has 0 aliphatic heterocycles. The van der Waals surface area contributed by atoms with Crippen molar-refractivity contribution in [3.63, 3.8) is 0 Å². The Balaban J connectivity index is 2.25. The van der Waals surface area contributed by atoms with Gasteiger partial charge in [-0.1, -0.05) is 0 Å². The Labute approximate surface area is 116 Å². The van der Waals surface area contributed by atoms with Crippen LogP contribution in [0.2, 0.25) is 0 Å². The number of halogens is 3. The van der Waals surface area contributed by atoms with Crippen molar-refractivity contribution in [1.29, 1.82) is 0 Å². The monoisotopic (exact) mass is 302 g/mol. The lowest BCUT2D eigenvalue weighted by Crippen LogP contribution is -2.12. The number of benzene rings is 1. The second kappa shape index (κ2) is 5.62. The van der Waals surface area contributed by atoms with Gasteiger partial charge in [0.15, 0.2) is 0 Å². The van der Waals surface area contributed by atoms with E-state index in [1.807, 2.05) is 0 Å². The average Bonchev–Trinajstić information content (AvgIpc) is 2.88. The van der Waals surface area contributed by atoms with Crippen molar-refractivity contribution in [2.75, 3.05) is 0 Å². The van der Waals surface area contributed by atoms with Crippen molar-refractivity contribution in [2.45, 2.75) is 16.8 Å². The van der Waals surface area contributed by atoms with E-state index in [1.165, 1.54) is 12.3 Å². The minimum absolute atomic E-state index is 0.332. The van der Waals surface area contributed by atoms with E-state index in [-0.39, 0.29) is 0 Å². The molecule has 106 valence electrons. The molecule has 0 aliphatic carbocycles. The lowest BCUT2D eigenvalue weighted by atomic mass is 10.1. The zero-order valence-corrected chi connectivity index (χ0v) is 10.8. The Bertz CT molecular complexity index is 606. The van der Waals surface area contributed by atoms with Gasteiger partial charge in [0.25, 0.3) is 0 Å². The third kappa shape index (κ3) is 3.36. The van der Waals surface area contributed by atoms with E-state index in [4.69, 9.17) is 9.52 Å². The molecule has 0 radical (unpaired) electrons. The number of thioether (sulfide) groups is 1. The molecule has 0 aliphatic rings. The summed E-state index contributed by atoms with van der Waals surface area (Å²) < 4.78 is 43.5. The quantitative estimate of drug-likeness (QED) is 0.856. The highest BCUT2D eigenvalue weighted by atomic mass is 32.2. The molecule has 0 spiro atoms. The zero-order chi connectivity index (χ0) is 14.8. The average molecular weight is 302 g/mol. The van der Waals surface area contributed by atoms with Crippen LogP contribution in [0.5, 0.6) is 0 Å². The van der Waals surface area contributed by atoms with Gasteiger partial charge in [-0.15, -0.1) is 11.8 Å². The number of furan rings is 1. The summed E-state index contributed by atoms with van der Waals surface area (Å²) in [6.45, 7) is 0. The van der Waals surface area contributed by atoms with E-state index in [0.29, 0.717) is 16.4 Å². The first-order chi connectivity index (χ1) is 9.38. The van der Waals surface area contributed by atoms with Crippen LogP contribution in [0.4, 0.5) is 13.2 Å². The summed E-state index contributed by atoms with van der Waals surface area (Å²) in [7, 11) is 0. The summed E-state index contributed by atoms with van der Waals surface area (Å²) in [4.78, 5) is 11.1. The van der Waals surface area contributed by atoms with Crippen molar-refractivity contribution in [3.05, 3.63) is 53.5 Å². The van der Waals surface area contributed by atoms with E-state index in [1.54, 1.807) is 12.1 Å². The predicted molar refractivity (Wildman–Crippen MR) is 66.7 cm³/mol. The minimum atomic E-state index is -4.70. The fraction of sp³-hybridized carbons (Fsp3) is 0.154. The molecule has 1 aromatic carbocycles. The molecule has 0 saturated heterocycles. The van der Waals surface area contributed by atoms with Gasteiger partial charge in [0.2, 0.25) is 0 Å². The summed E-state index contributed by atoms with van der Waals surface area (Å²) in [5.41, 5.74) is -1.89. The lowest BCUT2D eigenvalue weighted by Gasteiger charge is -2.11. The first kappa shape index (κ1) is 14.5. The van der Waals surface area contributed by atoms with E-state index in [9.17, 15) is 18.0 Å². The maximum atomic E-state index is 12.8. The van der Waals surface area contributed by atoms with E-state index >= 15 is 0 Å². The highest BCUT2D eigenvalue weighted by Gasteiger charge is 2.35. The molecule has 1 aromatic heterocycles. The van der Waals surface area contributed by atoms with Crippen LogP contribution in [0.3, 0.4) is 0 Å². The van der Waals surface area contributed by atoms with Crippen LogP contribution in [-0.2, 0) is 11.9 Å².